The van der Waals surface area contributed by atoms with Crippen molar-refractivity contribution in [1.82, 2.24) is 4.98 Å². The summed E-state index contributed by atoms with van der Waals surface area (Å²) in [6.45, 7) is 5.24. The number of aromatic nitrogens is 1. The summed E-state index contributed by atoms with van der Waals surface area (Å²) in [5, 5.41) is 0. The fraction of sp³-hybridized carbons (Fsp3) is 0.577. The monoisotopic (exact) mass is 415 g/mol. The Hall–Kier alpha value is -2.10. The van der Waals surface area contributed by atoms with Crippen molar-refractivity contribution in [1.29, 1.82) is 0 Å². The summed E-state index contributed by atoms with van der Waals surface area (Å²) in [5.74, 6) is 1.50. The number of halogens is 1. The lowest BCUT2D eigenvalue weighted by atomic mass is 10.1. The van der Waals surface area contributed by atoms with Gasteiger partial charge in [-0.1, -0.05) is 65.2 Å². The van der Waals surface area contributed by atoms with Gasteiger partial charge in [0.15, 0.2) is 0 Å². The van der Waals surface area contributed by atoms with Crippen LogP contribution in [0.3, 0.4) is 0 Å². The van der Waals surface area contributed by atoms with E-state index >= 15 is 0 Å². The van der Waals surface area contributed by atoms with Crippen LogP contribution in [-0.4, -0.2) is 24.4 Å². The van der Waals surface area contributed by atoms with Crippen LogP contribution in [0.25, 0.3) is 11.3 Å². The van der Waals surface area contributed by atoms with Gasteiger partial charge < -0.3 is 9.47 Å². The van der Waals surface area contributed by atoms with Gasteiger partial charge in [-0.25, -0.2) is 4.39 Å². The highest BCUT2D eigenvalue weighted by Gasteiger charge is 2.08. The summed E-state index contributed by atoms with van der Waals surface area (Å²) in [6, 6.07) is 11.8. The molecule has 0 aliphatic carbocycles. The molecule has 0 amide bonds. The van der Waals surface area contributed by atoms with Crippen molar-refractivity contribution in [2.45, 2.75) is 84.2 Å². The van der Waals surface area contributed by atoms with Crippen LogP contribution in [0.2, 0.25) is 0 Å². The van der Waals surface area contributed by atoms with Gasteiger partial charge >= 0.3 is 0 Å². The fourth-order valence-corrected chi connectivity index (χ4v) is 3.32. The quantitative estimate of drug-likeness (QED) is 0.262. The van der Waals surface area contributed by atoms with Gasteiger partial charge in [0.05, 0.1) is 18.5 Å². The molecule has 3 nitrogen and oxygen atoms in total. The molecule has 0 aliphatic rings. The van der Waals surface area contributed by atoms with Gasteiger partial charge in [0.25, 0.3) is 0 Å². The molecule has 30 heavy (non-hydrogen) atoms. The number of pyridine rings is 1. The van der Waals surface area contributed by atoms with Crippen molar-refractivity contribution in [3.63, 3.8) is 0 Å². The highest BCUT2D eigenvalue weighted by Crippen LogP contribution is 2.23. The normalized spacial score (nSPS) is 12.0. The van der Waals surface area contributed by atoms with Crippen LogP contribution in [0, 0.1) is 0 Å². The molecule has 0 N–H and O–H groups in total. The first-order valence-corrected chi connectivity index (χ1v) is 11.7. The lowest BCUT2D eigenvalue weighted by Gasteiger charge is -2.11. The molecule has 2 aromatic rings. The van der Waals surface area contributed by atoms with Crippen molar-refractivity contribution in [2.75, 3.05) is 13.2 Å². The van der Waals surface area contributed by atoms with Crippen LogP contribution in [0.1, 0.15) is 78.1 Å². The average Bonchev–Trinajstić information content (AvgIpc) is 2.78. The van der Waals surface area contributed by atoms with E-state index in [4.69, 9.17) is 9.47 Å². The minimum atomic E-state index is -0.916. The summed E-state index contributed by atoms with van der Waals surface area (Å²) in [4.78, 5) is 4.46. The van der Waals surface area contributed by atoms with Gasteiger partial charge in [0.2, 0.25) is 0 Å². The smallest absolute Gasteiger partial charge is 0.137 e. The zero-order chi connectivity index (χ0) is 21.4. The molecule has 0 bridgehead atoms. The molecule has 1 aromatic carbocycles. The summed E-state index contributed by atoms with van der Waals surface area (Å²) < 4.78 is 25.3. The Kier molecular flexibility index (Phi) is 11.9. The Morgan fingerprint density at radius 2 is 1.43 bits per heavy atom. The number of hydrogen-bond acceptors (Lipinski definition) is 3. The van der Waals surface area contributed by atoms with Crippen LogP contribution < -0.4 is 9.47 Å². The topological polar surface area (TPSA) is 31.4 Å². The Morgan fingerprint density at radius 1 is 0.767 bits per heavy atom. The van der Waals surface area contributed by atoms with E-state index in [1.165, 1.54) is 38.5 Å². The fourth-order valence-electron chi connectivity index (χ4n) is 3.32. The first kappa shape index (κ1) is 24.2. The molecule has 166 valence electrons. The molecule has 2 rings (SSSR count). The van der Waals surface area contributed by atoms with E-state index in [1.54, 1.807) is 6.20 Å². The summed E-state index contributed by atoms with van der Waals surface area (Å²) >= 11 is 0. The summed E-state index contributed by atoms with van der Waals surface area (Å²) in [7, 11) is 0. The van der Waals surface area contributed by atoms with Gasteiger partial charge in [-0.2, -0.15) is 0 Å². The van der Waals surface area contributed by atoms with Gasteiger partial charge in [0, 0.05) is 5.56 Å². The maximum atomic E-state index is 13.9. The van der Waals surface area contributed by atoms with Crippen molar-refractivity contribution >= 4 is 0 Å². The third-order valence-corrected chi connectivity index (χ3v) is 5.20. The van der Waals surface area contributed by atoms with Crippen LogP contribution >= 0.6 is 0 Å². The number of hydrogen-bond donors (Lipinski definition) is 0. The second-order valence-corrected chi connectivity index (χ2v) is 7.92. The van der Waals surface area contributed by atoms with Gasteiger partial charge in [-0.3, -0.25) is 4.98 Å². The van der Waals surface area contributed by atoms with E-state index in [0.29, 0.717) is 12.2 Å². The SMILES string of the molecule is CCCCCCCOc1ccc(-c2ccc(OCC(F)CCCCCC)cn2)cc1. The highest BCUT2D eigenvalue weighted by molar-refractivity contribution is 5.60. The molecular formula is C26H38FNO2. The first-order chi connectivity index (χ1) is 14.7. The third-order valence-electron chi connectivity index (χ3n) is 5.20. The van der Waals surface area contributed by atoms with E-state index in [1.807, 2.05) is 36.4 Å². The van der Waals surface area contributed by atoms with E-state index < -0.39 is 6.17 Å². The van der Waals surface area contributed by atoms with Gasteiger partial charge in [-0.15, -0.1) is 0 Å². The lowest BCUT2D eigenvalue weighted by Crippen LogP contribution is -2.12. The number of alkyl halides is 1. The van der Waals surface area contributed by atoms with E-state index in [2.05, 4.69) is 18.8 Å². The maximum absolute atomic E-state index is 13.9. The molecule has 1 heterocycles. The molecular weight excluding hydrogens is 377 g/mol. The molecule has 1 atom stereocenters. The first-order valence-electron chi connectivity index (χ1n) is 11.7. The molecule has 0 fully saturated rings. The van der Waals surface area contributed by atoms with E-state index in [0.717, 1.165) is 42.9 Å². The Balaban J connectivity index is 1.72. The maximum Gasteiger partial charge on any atom is 0.137 e. The predicted molar refractivity (Wildman–Crippen MR) is 123 cm³/mol. The van der Waals surface area contributed by atoms with Gasteiger partial charge in [0.1, 0.15) is 24.3 Å². The second kappa shape index (κ2) is 14.8. The molecule has 1 unspecified atom stereocenters. The number of nitrogens with zero attached hydrogens (tertiary/aromatic N) is 1. The standard InChI is InChI=1S/C26H38FNO2/c1-3-5-7-9-11-19-29-24-15-13-22(14-16-24)26-18-17-25(20-28-26)30-21-23(27)12-10-8-6-4-2/h13-18,20,23H,3-12,19,21H2,1-2H3. The number of unbranched alkanes of at least 4 members (excludes halogenated alkanes) is 7. The van der Waals surface area contributed by atoms with Gasteiger partial charge in [-0.05, 0) is 49.2 Å². The largest absolute Gasteiger partial charge is 0.494 e. The highest BCUT2D eigenvalue weighted by atomic mass is 19.1. The van der Waals surface area contributed by atoms with Crippen LogP contribution in [0.15, 0.2) is 42.6 Å². The Bertz CT molecular complexity index is 672. The number of benzene rings is 1. The van der Waals surface area contributed by atoms with E-state index in [-0.39, 0.29) is 6.61 Å². The molecule has 0 saturated heterocycles. The van der Waals surface area contributed by atoms with Crippen molar-refractivity contribution in [2.24, 2.45) is 0 Å². The summed E-state index contributed by atoms with van der Waals surface area (Å²) in [6.07, 6.45) is 11.9. The molecule has 0 spiro atoms. The van der Waals surface area contributed by atoms with Crippen molar-refractivity contribution < 1.29 is 13.9 Å². The van der Waals surface area contributed by atoms with Crippen molar-refractivity contribution in [3.8, 4) is 22.8 Å². The average molecular weight is 416 g/mol. The molecule has 4 heteroatoms. The minimum absolute atomic E-state index is 0.0949. The zero-order valence-electron chi connectivity index (χ0n) is 18.7. The van der Waals surface area contributed by atoms with Crippen molar-refractivity contribution in [3.05, 3.63) is 42.6 Å². The lowest BCUT2D eigenvalue weighted by molar-refractivity contribution is 0.183. The van der Waals surface area contributed by atoms with Crippen LogP contribution in [0.5, 0.6) is 11.5 Å². The Morgan fingerprint density at radius 3 is 2.10 bits per heavy atom. The Labute approximate surface area is 182 Å². The number of ether oxygens (including phenoxy) is 2. The van der Waals surface area contributed by atoms with Crippen LogP contribution in [0.4, 0.5) is 4.39 Å². The minimum Gasteiger partial charge on any atom is -0.494 e. The summed E-state index contributed by atoms with van der Waals surface area (Å²) in [5.41, 5.74) is 1.89. The zero-order valence-corrected chi connectivity index (χ0v) is 18.7. The number of rotatable bonds is 16. The third kappa shape index (κ3) is 9.60. The second-order valence-electron chi connectivity index (χ2n) is 7.92. The molecule has 0 saturated carbocycles. The molecule has 1 aromatic heterocycles. The molecule has 0 radical (unpaired) electrons. The van der Waals surface area contributed by atoms with E-state index in [9.17, 15) is 4.39 Å². The molecule has 0 aliphatic heterocycles. The predicted octanol–water partition coefficient (Wildman–Crippen LogP) is 7.79. The van der Waals surface area contributed by atoms with Crippen LogP contribution in [-0.2, 0) is 0 Å².